The van der Waals surface area contributed by atoms with Gasteiger partial charge in [0.05, 0.1) is 12.6 Å². The molecule has 0 aliphatic carbocycles. The van der Waals surface area contributed by atoms with E-state index in [1.165, 1.54) is 5.39 Å². The highest BCUT2D eigenvalue weighted by Crippen LogP contribution is 2.28. The van der Waals surface area contributed by atoms with Gasteiger partial charge in [0.15, 0.2) is 0 Å². The Morgan fingerprint density at radius 3 is 2.42 bits per heavy atom. The number of rotatable bonds is 2. The summed E-state index contributed by atoms with van der Waals surface area (Å²) < 4.78 is 5.20. The summed E-state index contributed by atoms with van der Waals surface area (Å²) in [5.74, 6) is 0.869. The number of aryl methyl sites for hydroxylation is 1. The summed E-state index contributed by atoms with van der Waals surface area (Å²) in [4.78, 5) is 4.66. The number of methoxy groups -OCH3 is 1. The zero-order chi connectivity index (χ0) is 13.2. The molecule has 1 heterocycles. The largest absolute Gasteiger partial charge is 0.497 e. The molecule has 3 rings (SSSR count). The monoisotopic (exact) mass is 249 g/mol. The average molecular weight is 249 g/mol. The minimum atomic E-state index is 0.869. The van der Waals surface area contributed by atoms with Crippen molar-refractivity contribution in [2.24, 2.45) is 0 Å². The van der Waals surface area contributed by atoms with E-state index in [1.807, 2.05) is 25.1 Å². The van der Waals surface area contributed by atoms with Crippen LogP contribution in [0.25, 0.3) is 22.0 Å². The van der Waals surface area contributed by atoms with E-state index in [9.17, 15) is 0 Å². The van der Waals surface area contributed by atoms with Crippen molar-refractivity contribution >= 4 is 10.9 Å². The van der Waals surface area contributed by atoms with Gasteiger partial charge >= 0.3 is 0 Å². The van der Waals surface area contributed by atoms with Crippen LogP contribution in [0.4, 0.5) is 0 Å². The predicted molar refractivity (Wildman–Crippen MR) is 78.5 cm³/mol. The lowest BCUT2D eigenvalue weighted by atomic mass is 10.0. The van der Waals surface area contributed by atoms with E-state index in [0.29, 0.717) is 0 Å². The maximum absolute atomic E-state index is 5.20. The smallest absolute Gasteiger partial charge is 0.118 e. The van der Waals surface area contributed by atoms with E-state index in [1.54, 1.807) is 7.11 Å². The van der Waals surface area contributed by atoms with Gasteiger partial charge in [-0.25, -0.2) is 0 Å². The van der Waals surface area contributed by atoms with Crippen LogP contribution >= 0.6 is 0 Å². The predicted octanol–water partition coefficient (Wildman–Crippen LogP) is 4.22. The molecule has 2 nitrogen and oxygen atoms in total. The number of hydrogen-bond donors (Lipinski definition) is 0. The van der Waals surface area contributed by atoms with Crippen LogP contribution in [0.1, 0.15) is 5.69 Å². The minimum Gasteiger partial charge on any atom is -0.497 e. The Morgan fingerprint density at radius 2 is 1.68 bits per heavy atom. The number of benzene rings is 2. The van der Waals surface area contributed by atoms with Crippen molar-refractivity contribution in [2.75, 3.05) is 7.11 Å². The third-order valence-electron chi connectivity index (χ3n) is 3.26. The molecule has 0 spiro atoms. The summed E-state index contributed by atoms with van der Waals surface area (Å²) in [5, 5.41) is 1.17. The average Bonchev–Trinajstić information content (AvgIpc) is 2.47. The van der Waals surface area contributed by atoms with Crippen LogP contribution in [0.5, 0.6) is 5.75 Å². The van der Waals surface area contributed by atoms with Gasteiger partial charge in [-0.15, -0.1) is 0 Å². The van der Waals surface area contributed by atoms with Crippen molar-refractivity contribution in [3.8, 4) is 16.9 Å². The molecule has 2 heteroatoms. The molecule has 0 saturated heterocycles. The van der Waals surface area contributed by atoms with Crippen LogP contribution in [-0.4, -0.2) is 12.1 Å². The fourth-order valence-corrected chi connectivity index (χ4v) is 2.25. The number of ether oxygens (including phenoxy) is 1. The van der Waals surface area contributed by atoms with Crippen LogP contribution in [0.2, 0.25) is 0 Å². The van der Waals surface area contributed by atoms with E-state index in [2.05, 4.69) is 41.4 Å². The Bertz CT molecular complexity index is 717. The van der Waals surface area contributed by atoms with E-state index < -0.39 is 0 Å². The molecule has 0 saturated carbocycles. The van der Waals surface area contributed by atoms with Crippen molar-refractivity contribution in [3.05, 3.63) is 60.3 Å². The molecule has 0 atom stereocenters. The zero-order valence-corrected chi connectivity index (χ0v) is 11.1. The summed E-state index contributed by atoms with van der Waals surface area (Å²) in [7, 11) is 1.68. The first-order valence-electron chi connectivity index (χ1n) is 6.29. The fourth-order valence-electron chi connectivity index (χ4n) is 2.25. The number of fused-ring (bicyclic) bond motifs is 1. The van der Waals surface area contributed by atoms with Crippen LogP contribution in [0, 0.1) is 6.92 Å². The first-order valence-corrected chi connectivity index (χ1v) is 6.29. The Balaban J connectivity index is 2.20. The molecule has 1 aromatic heterocycles. The molecule has 0 N–H and O–H groups in total. The molecule has 3 aromatic rings. The van der Waals surface area contributed by atoms with Crippen molar-refractivity contribution in [2.45, 2.75) is 6.92 Å². The molecule has 0 unspecified atom stereocenters. The lowest BCUT2D eigenvalue weighted by molar-refractivity contribution is 0.415. The highest BCUT2D eigenvalue weighted by molar-refractivity contribution is 5.93. The lowest BCUT2D eigenvalue weighted by Crippen LogP contribution is -1.88. The number of aromatic nitrogens is 1. The highest BCUT2D eigenvalue weighted by Gasteiger charge is 2.05. The topological polar surface area (TPSA) is 22.1 Å². The second-order valence-electron chi connectivity index (χ2n) is 4.56. The summed E-state index contributed by atoms with van der Waals surface area (Å²) in [6, 6.07) is 18.5. The number of pyridine rings is 1. The standard InChI is InChI=1S/C17H15NO/c1-12-6-7-14-4-3-5-16(17(14)18-12)13-8-10-15(19-2)11-9-13/h3-11H,1-2H3. The van der Waals surface area contributed by atoms with Crippen LogP contribution in [-0.2, 0) is 0 Å². The van der Waals surface area contributed by atoms with Gasteiger partial charge in [-0.2, -0.15) is 0 Å². The summed E-state index contributed by atoms with van der Waals surface area (Å²) in [5.41, 5.74) is 4.40. The zero-order valence-electron chi connectivity index (χ0n) is 11.1. The first kappa shape index (κ1) is 11.7. The van der Waals surface area contributed by atoms with E-state index >= 15 is 0 Å². The Kier molecular flexibility index (Phi) is 2.92. The Labute approximate surface area is 112 Å². The number of hydrogen-bond acceptors (Lipinski definition) is 2. The normalized spacial score (nSPS) is 10.6. The van der Waals surface area contributed by atoms with Gasteiger partial charge in [0.25, 0.3) is 0 Å². The minimum absolute atomic E-state index is 0.869. The summed E-state index contributed by atoms with van der Waals surface area (Å²) in [6.45, 7) is 2.02. The van der Waals surface area contributed by atoms with E-state index in [4.69, 9.17) is 4.74 Å². The first-order chi connectivity index (χ1) is 9.28. The molecular weight excluding hydrogens is 234 g/mol. The van der Waals surface area contributed by atoms with Crippen molar-refractivity contribution in [3.63, 3.8) is 0 Å². The van der Waals surface area contributed by atoms with Gasteiger partial charge in [0, 0.05) is 16.6 Å². The Morgan fingerprint density at radius 1 is 0.895 bits per heavy atom. The van der Waals surface area contributed by atoms with Crippen molar-refractivity contribution in [1.82, 2.24) is 4.98 Å². The van der Waals surface area contributed by atoms with Crippen LogP contribution in [0.3, 0.4) is 0 Å². The number of nitrogens with zero attached hydrogens (tertiary/aromatic N) is 1. The van der Waals surface area contributed by atoms with E-state index in [-0.39, 0.29) is 0 Å². The maximum atomic E-state index is 5.20. The fraction of sp³-hybridized carbons (Fsp3) is 0.118. The molecule has 0 aliphatic heterocycles. The molecule has 19 heavy (non-hydrogen) atoms. The van der Waals surface area contributed by atoms with Crippen LogP contribution in [0.15, 0.2) is 54.6 Å². The van der Waals surface area contributed by atoms with Gasteiger partial charge in [-0.05, 0) is 30.7 Å². The van der Waals surface area contributed by atoms with Gasteiger partial charge in [-0.1, -0.05) is 36.4 Å². The van der Waals surface area contributed by atoms with Gasteiger partial charge in [0.2, 0.25) is 0 Å². The van der Waals surface area contributed by atoms with Gasteiger partial charge in [-0.3, -0.25) is 4.98 Å². The third kappa shape index (κ3) is 2.17. The summed E-state index contributed by atoms with van der Waals surface area (Å²) >= 11 is 0. The van der Waals surface area contributed by atoms with Crippen LogP contribution < -0.4 is 4.74 Å². The van der Waals surface area contributed by atoms with E-state index in [0.717, 1.165) is 28.1 Å². The number of para-hydroxylation sites is 1. The van der Waals surface area contributed by atoms with Gasteiger partial charge < -0.3 is 4.74 Å². The maximum Gasteiger partial charge on any atom is 0.118 e. The quantitative estimate of drug-likeness (QED) is 0.678. The summed E-state index contributed by atoms with van der Waals surface area (Å²) in [6.07, 6.45) is 0. The van der Waals surface area contributed by atoms with Crippen molar-refractivity contribution in [1.29, 1.82) is 0 Å². The molecule has 0 bridgehead atoms. The third-order valence-corrected chi connectivity index (χ3v) is 3.26. The highest BCUT2D eigenvalue weighted by atomic mass is 16.5. The molecule has 0 fully saturated rings. The van der Waals surface area contributed by atoms with Gasteiger partial charge in [0.1, 0.15) is 5.75 Å². The second kappa shape index (κ2) is 4.73. The lowest BCUT2D eigenvalue weighted by Gasteiger charge is -2.07. The SMILES string of the molecule is COc1ccc(-c2cccc3ccc(C)nc23)cc1. The second-order valence-corrected chi connectivity index (χ2v) is 4.56. The molecule has 0 radical (unpaired) electrons. The molecule has 94 valence electrons. The molecular formula is C17H15NO. The van der Waals surface area contributed by atoms with Crippen molar-refractivity contribution < 1.29 is 4.74 Å². The molecule has 0 aliphatic rings. The molecule has 0 amide bonds. The Hall–Kier alpha value is -2.35. The molecule has 2 aromatic carbocycles.